The second-order valence-electron chi connectivity index (χ2n) is 6.95. The van der Waals surface area contributed by atoms with Crippen LogP contribution in [0.4, 0.5) is 0 Å². The van der Waals surface area contributed by atoms with Gasteiger partial charge in [0.15, 0.2) is 0 Å². The molecule has 0 spiro atoms. The molecule has 2 heterocycles. The second-order valence-corrected chi connectivity index (χ2v) is 6.95. The van der Waals surface area contributed by atoms with Gasteiger partial charge in [0.1, 0.15) is 0 Å². The zero-order chi connectivity index (χ0) is 19.2. The number of carbonyl (C=O) groups is 1. The Bertz CT molecular complexity index is 902. The minimum absolute atomic E-state index is 0.133. The number of nitrogens with zero attached hydrogens (tertiary/aromatic N) is 1. The summed E-state index contributed by atoms with van der Waals surface area (Å²) in [6, 6.07) is 12.3. The number of benzene rings is 1. The zero-order valence-electron chi connectivity index (χ0n) is 16.0. The number of aromatic amines is 1. The Labute approximate surface area is 160 Å². The Morgan fingerprint density at radius 3 is 2.70 bits per heavy atom. The van der Waals surface area contributed by atoms with Crippen LogP contribution in [0.25, 0.3) is 6.08 Å². The van der Waals surface area contributed by atoms with Gasteiger partial charge in [-0.15, -0.1) is 0 Å². The van der Waals surface area contributed by atoms with Gasteiger partial charge in [0.25, 0.3) is 0 Å². The van der Waals surface area contributed by atoms with E-state index >= 15 is 0 Å². The summed E-state index contributed by atoms with van der Waals surface area (Å²) in [7, 11) is 0. The lowest BCUT2D eigenvalue weighted by Gasteiger charge is -2.03. The van der Waals surface area contributed by atoms with E-state index in [1.807, 2.05) is 31.2 Å². The Morgan fingerprint density at radius 2 is 2.00 bits per heavy atom. The summed E-state index contributed by atoms with van der Waals surface area (Å²) in [5.74, 6) is -0.778. The minimum Gasteiger partial charge on any atom is -0.481 e. The van der Waals surface area contributed by atoms with Gasteiger partial charge in [-0.25, -0.2) is 4.99 Å². The molecular weight excluding hydrogens is 336 g/mol. The van der Waals surface area contributed by atoms with E-state index in [0.29, 0.717) is 6.42 Å². The van der Waals surface area contributed by atoms with Gasteiger partial charge in [0.05, 0.1) is 17.8 Å². The van der Waals surface area contributed by atoms with Crippen molar-refractivity contribution in [1.82, 2.24) is 4.98 Å². The molecule has 1 aromatic heterocycles. The maximum absolute atomic E-state index is 10.8. The number of allylic oxidation sites excluding steroid dienone is 2. The molecule has 0 bridgehead atoms. The van der Waals surface area contributed by atoms with Gasteiger partial charge in [0.2, 0.25) is 0 Å². The van der Waals surface area contributed by atoms with Gasteiger partial charge in [-0.2, -0.15) is 0 Å². The summed E-state index contributed by atoms with van der Waals surface area (Å²) in [5.41, 5.74) is 7.45. The summed E-state index contributed by atoms with van der Waals surface area (Å²) in [5, 5.41) is 8.88. The highest BCUT2D eigenvalue weighted by Gasteiger charge is 2.16. The first-order valence-corrected chi connectivity index (χ1v) is 9.54. The van der Waals surface area contributed by atoms with Crippen molar-refractivity contribution >= 4 is 17.8 Å². The molecule has 1 aromatic carbocycles. The molecule has 4 heteroatoms. The third-order valence-electron chi connectivity index (χ3n) is 4.75. The van der Waals surface area contributed by atoms with Crippen LogP contribution in [0.1, 0.15) is 55.1 Å². The summed E-state index contributed by atoms with van der Waals surface area (Å²) in [6.45, 7) is 4.24. The molecule has 2 N–H and O–H groups in total. The largest absolute Gasteiger partial charge is 0.481 e. The molecule has 0 atom stereocenters. The number of rotatable bonds is 8. The fourth-order valence-electron chi connectivity index (χ4n) is 3.23. The molecule has 1 aliphatic heterocycles. The Hall–Kier alpha value is -2.88. The van der Waals surface area contributed by atoms with Crippen molar-refractivity contribution in [2.75, 3.05) is 0 Å². The first-order chi connectivity index (χ1) is 13.1. The predicted molar refractivity (Wildman–Crippen MR) is 110 cm³/mol. The fraction of sp³-hybridized carbons (Fsp3) is 0.304. The minimum atomic E-state index is -0.778. The van der Waals surface area contributed by atoms with Crippen LogP contribution < -0.4 is 0 Å². The standard InChI is InChI=1S/C23H26N2O2/c1-3-4-8-18-14-21(17-9-6-5-7-10-17)25-22(18)15-20-16(2)13-19(24-20)11-12-23(26)27/h5-7,9-10,13-15,24H,3-4,8,11-12H2,1-2H3,(H,26,27). The smallest absolute Gasteiger partial charge is 0.303 e. The van der Waals surface area contributed by atoms with E-state index in [1.165, 1.54) is 5.57 Å². The van der Waals surface area contributed by atoms with Crippen molar-refractivity contribution in [3.63, 3.8) is 0 Å². The van der Waals surface area contributed by atoms with E-state index in [-0.39, 0.29) is 6.42 Å². The second kappa shape index (κ2) is 8.67. The van der Waals surface area contributed by atoms with Gasteiger partial charge >= 0.3 is 5.97 Å². The van der Waals surface area contributed by atoms with Crippen molar-refractivity contribution in [2.24, 2.45) is 4.99 Å². The molecule has 0 saturated carbocycles. The van der Waals surface area contributed by atoms with E-state index < -0.39 is 5.97 Å². The van der Waals surface area contributed by atoms with Crippen LogP contribution in [-0.4, -0.2) is 21.8 Å². The number of H-pyrrole nitrogens is 1. The average Bonchev–Trinajstić information content (AvgIpc) is 3.23. The lowest BCUT2D eigenvalue weighted by molar-refractivity contribution is -0.136. The molecule has 4 nitrogen and oxygen atoms in total. The Balaban J connectivity index is 1.89. The van der Waals surface area contributed by atoms with Gasteiger partial charge in [0, 0.05) is 17.0 Å². The summed E-state index contributed by atoms with van der Waals surface area (Å²) in [4.78, 5) is 19.0. The van der Waals surface area contributed by atoms with Crippen LogP contribution >= 0.6 is 0 Å². The average molecular weight is 362 g/mol. The van der Waals surface area contributed by atoms with E-state index in [9.17, 15) is 4.79 Å². The highest BCUT2D eigenvalue weighted by atomic mass is 16.4. The molecule has 0 saturated heterocycles. The third-order valence-corrected chi connectivity index (χ3v) is 4.75. The summed E-state index contributed by atoms with van der Waals surface area (Å²) in [6.07, 6.45) is 8.22. The number of aliphatic imine (C=N–C) groups is 1. The van der Waals surface area contributed by atoms with E-state index in [2.05, 4.69) is 36.2 Å². The van der Waals surface area contributed by atoms with Crippen molar-refractivity contribution in [1.29, 1.82) is 0 Å². The molecule has 0 amide bonds. The van der Waals surface area contributed by atoms with Crippen LogP contribution in [-0.2, 0) is 11.2 Å². The number of hydrogen-bond acceptors (Lipinski definition) is 2. The monoisotopic (exact) mass is 362 g/mol. The topological polar surface area (TPSA) is 65.5 Å². The number of carboxylic acid groups (broad SMARTS) is 1. The van der Waals surface area contributed by atoms with E-state index in [0.717, 1.165) is 53.2 Å². The Morgan fingerprint density at radius 1 is 1.22 bits per heavy atom. The van der Waals surface area contributed by atoms with Crippen molar-refractivity contribution in [3.8, 4) is 0 Å². The maximum atomic E-state index is 10.8. The van der Waals surface area contributed by atoms with E-state index in [4.69, 9.17) is 10.1 Å². The first kappa shape index (κ1) is 18.9. The molecule has 27 heavy (non-hydrogen) atoms. The van der Waals surface area contributed by atoms with Crippen molar-refractivity contribution in [3.05, 3.63) is 76.3 Å². The quantitative estimate of drug-likeness (QED) is 0.669. The number of unbranched alkanes of at least 4 members (excludes halogenated alkanes) is 1. The van der Waals surface area contributed by atoms with Gasteiger partial charge < -0.3 is 10.1 Å². The molecule has 0 radical (unpaired) electrons. The van der Waals surface area contributed by atoms with Gasteiger partial charge in [-0.05, 0) is 55.5 Å². The van der Waals surface area contributed by atoms with Crippen LogP contribution in [0.2, 0.25) is 0 Å². The summed E-state index contributed by atoms with van der Waals surface area (Å²) < 4.78 is 0. The number of aliphatic carboxylic acids is 1. The predicted octanol–water partition coefficient (Wildman–Crippen LogP) is 5.30. The SMILES string of the molecule is CCCCC1=CC(c2ccccc2)=NC1=Cc1[nH]c(CCC(=O)O)cc1C. The molecule has 0 fully saturated rings. The van der Waals surface area contributed by atoms with Crippen LogP contribution in [0, 0.1) is 6.92 Å². The van der Waals surface area contributed by atoms with Crippen molar-refractivity contribution in [2.45, 2.75) is 46.0 Å². The highest BCUT2D eigenvalue weighted by molar-refractivity contribution is 6.12. The summed E-state index contributed by atoms with van der Waals surface area (Å²) >= 11 is 0. The number of aryl methyl sites for hydroxylation is 2. The first-order valence-electron chi connectivity index (χ1n) is 9.54. The fourth-order valence-corrected chi connectivity index (χ4v) is 3.23. The lowest BCUT2D eigenvalue weighted by atomic mass is 10.0. The third kappa shape index (κ3) is 4.85. The Kier molecular flexibility index (Phi) is 6.07. The lowest BCUT2D eigenvalue weighted by Crippen LogP contribution is -1.97. The highest BCUT2D eigenvalue weighted by Crippen LogP contribution is 2.29. The van der Waals surface area contributed by atoms with E-state index in [1.54, 1.807) is 0 Å². The van der Waals surface area contributed by atoms with Gasteiger partial charge in [-0.1, -0.05) is 43.7 Å². The zero-order valence-corrected chi connectivity index (χ0v) is 16.0. The number of carboxylic acids is 1. The number of aromatic nitrogens is 1. The molecule has 1 aliphatic rings. The van der Waals surface area contributed by atoms with Crippen LogP contribution in [0.15, 0.2) is 58.7 Å². The van der Waals surface area contributed by atoms with Crippen molar-refractivity contribution < 1.29 is 9.90 Å². The molecule has 140 valence electrons. The molecule has 3 rings (SSSR count). The molecule has 0 unspecified atom stereocenters. The molecular formula is C23H26N2O2. The molecule has 2 aromatic rings. The normalized spacial score (nSPS) is 15.1. The van der Waals surface area contributed by atoms with Crippen LogP contribution in [0.3, 0.4) is 0 Å². The van der Waals surface area contributed by atoms with Crippen LogP contribution in [0.5, 0.6) is 0 Å². The maximum Gasteiger partial charge on any atom is 0.303 e. The number of hydrogen-bond donors (Lipinski definition) is 2. The molecule has 0 aliphatic carbocycles. The van der Waals surface area contributed by atoms with Gasteiger partial charge in [-0.3, -0.25) is 4.79 Å². The number of nitrogens with one attached hydrogen (secondary N) is 1.